The normalized spacial score (nSPS) is 16.8. The lowest BCUT2D eigenvalue weighted by molar-refractivity contribution is -0.147. The number of ether oxygens (including phenoxy) is 1. The standard InChI is InChI=1S/C15H17FN4O2S/c1-9(11-4-3-5-12(16)8-11)22-14(21)10(2)23-15-17-18-19-20(15)13-6-7-13/h3-5,8-10,13H,6-7H2,1-2H3. The van der Waals surface area contributed by atoms with Gasteiger partial charge in [0.25, 0.3) is 0 Å². The van der Waals surface area contributed by atoms with Crippen LogP contribution in [-0.2, 0) is 9.53 Å². The van der Waals surface area contributed by atoms with Gasteiger partial charge in [-0.25, -0.2) is 9.07 Å². The highest BCUT2D eigenvalue weighted by atomic mass is 32.2. The molecule has 1 aromatic heterocycles. The van der Waals surface area contributed by atoms with Gasteiger partial charge in [0, 0.05) is 0 Å². The van der Waals surface area contributed by atoms with Gasteiger partial charge in [-0.2, -0.15) is 0 Å². The Morgan fingerprint density at radius 1 is 1.43 bits per heavy atom. The molecule has 6 nitrogen and oxygen atoms in total. The number of nitrogens with zero attached hydrogens (tertiary/aromatic N) is 4. The highest BCUT2D eigenvalue weighted by molar-refractivity contribution is 8.00. The number of carbonyl (C=O) groups excluding carboxylic acids is 1. The second-order valence-corrected chi connectivity index (χ2v) is 6.84. The maximum atomic E-state index is 13.2. The number of tetrazole rings is 1. The van der Waals surface area contributed by atoms with E-state index in [-0.39, 0.29) is 11.8 Å². The molecule has 3 rings (SSSR count). The Bertz CT molecular complexity index is 704. The summed E-state index contributed by atoms with van der Waals surface area (Å²) in [5.74, 6) is -0.728. The number of carbonyl (C=O) groups is 1. The van der Waals surface area contributed by atoms with Gasteiger partial charge < -0.3 is 4.74 Å². The molecule has 1 aliphatic rings. The summed E-state index contributed by atoms with van der Waals surface area (Å²) in [5.41, 5.74) is 0.623. The molecule has 1 saturated carbocycles. The quantitative estimate of drug-likeness (QED) is 0.597. The van der Waals surface area contributed by atoms with Gasteiger partial charge in [-0.1, -0.05) is 23.9 Å². The predicted molar refractivity (Wildman–Crippen MR) is 82.3 cm³/mol. The van der Waals surface area contributed by atoms with Crippen LogP contribution in [0.25, 0.3) is 0 Å². The fourth-order valence-corrected chi connectivity index (χ4v) is 2.96. The Morgan fingerprint density at radius 3 is 2.91 bits per heavy atom. The van der Waals surface area contributed by atoms with Crippen LogP contribution < -0.4 is 0 Å². The lowest BCUT2D eigenvalue weighted by Crippen LogP contribution is -2.19. The zero-order valence-corrected chi connectivity index (χ0v) is 13.7. The highest BCUT2D eigenvalue weighted by Gasteiger charge is 2.30. The molecule has 0 saturated heterocycles. The number of halogens is 1. The fraction of sp³-hybridized carbons (Fsp3) is 0.467. The van der Waals surface area contributed by atoms with Crippen molar-refractivity contribution in [1.82, 2.24) is 20.2 Å². The van der Waals surface area contributed by atoms with Crippen molar-refractivity contribution in [3.8, 4) is 0 Å². The molecule has 0 bridgehead atoms. The van der Waals surface area contributed by atoms with Gasteiger partial charge in [-0.3, -0.25) is 4.79 Å². The van der Waals surface area contributed by atoms with Crippen molar-refractivity contribution >= 4 is 17.7 Å². The van der Waals surface area contributed by atoms with E-state index in [4.69, 9.17) is 4.74 Å². The van der Waals surface area contributed by atoms with E-state index in [0.717, 1.165) is 12.8 Å². The molecule has 2 aromatic rings. The average molecular weight is 336 g/mol. The molecule has 1 fully saturated rings. The van der Waals surface area contributed by atoms with E-state index in [1.165, 1.54) is 23.9 Å². The topological polar surface area (TPSA) is 69.9 Å². The minimum absolute atomic E-state index is 0.349. The number of hydrogen-bond acceptors (Lipinski definition) is 6. The molecule has 1 aromatic carbocycles. The molecule has 0 amide bonds. The van der Waals surface area contributed by atoms with Gasteiger partial charge in [-0.05, 0) is 54.8 Å². The molecular formula is C15H17FN4O2S. The van der Waals surface area contributed by atoms with Gasteiger partial charge in [0.05, 0.1) is 6.04 Å². The zero-order chi connectivity index (χ0) is 16.4. The average Bonchev–Trinajstić information content (AvgIpc) is 3.27. The third-order valence-electron chi connectivity index (χ3n) is 3.58. The van der Waals surface area contributed by atoms with E-state index in [9.17, 15) is 9.18 Å². The summed E-state index contributed by atoms with van der Waals surface area (Å²) in [4.78, 5) is 12.2. The molecule has 122 valence electrons. The van der Waals surface area contributed by atoms with Crippen LogP contribution in [0.4, 0.5) is 4.39 Å². The van der Waals surface area contributed by atoms with Crippen LogP contribution in [-0.4, -0.2) is 31.4 Å². The molecule has 0 spiro atoms. The van der Waals surface area contributed by atoms with Gasteiger partial charge in [-0.15, -0.1) is 5.10 Å². The van der Waals surface area contributed by atoms with Gasteiger partial charge in [0.15, 0.2) is 0 Å². The summed E-state index contributed by atoms with van der Waals surface area (Å²) in [5, 5.41) is 11.7. The molecule has 1 aliphatic carbocycles. The van der Waals surface area contributed by atoms with Crippen molar-refractivity contribution in [3.05, 3.63) is 35.6 Å². The van der Waals surface area contributed by atoms with Crippen molar-refractivity contribution in [2.75, 3.05) is 0 Å². The summed E-state index contributed by atoms with van der Waals surface area (Å²) in [6.07, 6.45) is 1.61. The van der Waals surface area contributed by atoms with Crippen LogP contribution in [0.1, 0.15) is 44.4 Å². The van der Waals surface area contributed by atoms with Crippen LogP contribution >= 0.6 is 11.8 Å². The lowest BCUT2D eigenvalue weighted by atomic mass is 10.1. The van der Waals surface area contributed by atoms with Gasteiger partial charge in [0.2, 0.25) is 5.16 Å². The van der Waals surface area contributed by atoms with Gasteiger partial charge >= 0.3 is 5.97 Å². The minimum Gasteiger partial charge on any atom is -0.457 e. The van der Waals surface area contributed by atoms with E-state index in [0.29, 0.717) is 16.8 Å². The first-order chi connectivity index (χ1) is 11.0. The number of rotatable bonds is 6. The molecule has 23 heavy (non-hydrogen) atoms. The summed E-state index contributed by atoms with van der Waals surface area (Å²) in [7, 11) is 0. The van der Waals surface area contributed by atoms with Crippen LogP contribution in [0.15, 0.2) is 29.4 Å². The maximum absolute atomic E-state index is 13.2. The Kier molecular flexibility index (Phi) is 4.61. The monoisotopic (exact) mass is 336 g/mol. The third kappa shape index (κ3) is 3.87. The summed E-state index contributed by atoms with van der Waals surface area (Å²) in [6, 6.07) is 6.39. The predicted octanol–water partition coefficient (Wildman–Crippen LogP) is 2.93. The number of aromatic nitrogens is 4. The SMILES string of the molecule is CC(Sc1nnnn1C1CC1)C(=O)OC(C)c1cccc(F)c1. The van der Waals surface area contributed by atoms with Crippen LogP contribution in [0.2, 0.25) is 0 Å². The maximum Gasteiger partial charge on any atom is 0.319 e. The minimum atomic E-state index is -0.513. The molecule has 0 N–H and O–H groups in total. The van der Waals surface area contributed by atoms with Crippen LogP contribution in [0, 0.1) is 5.82 Å². The third-order valence-corrected chi connectivity index (χ3v) is 4.61. The zero-order valence-electron chi connectivity index (χ0n) is 12.8. The van der Waals surface area contributed by atoms with Crippen molar-refractivity contribution in [1.29, 1.82) is 0 Å². The summed E-state index contributed by atoms with van der Waals surface area (Å²) >= 11 is 1.27. The molecule has 0 aliphatic heterocycles. The highest BCUT2D eigenvalue weighted by Crippen LogP contribution is 2.37. The number of thioether (sulfide) groups is 1. The fourth-order valence-electron chi connectivity index (χ4n) is 2.12. The Morgan fingerprint density at radius 2 is 2.22 bits per heavy atom. The summed E-state index contributed by atoms with van der Waals surface area (Å²) in [6.45, 7) is 3.47. The number of benzene rings is 1. The molecule has 8 heteroatoms. The van der Waals surface area contributed by atoms with Crippen molar-refractivity contribution in [2.45, 2.75) is 49.2 Å². The van der Waals surface area contributed by atoms with Crippen LogP contribution in [0.3, 0.4) is 0 Å². The van der Waals surface area contributed by atoms with E-state index >= 15 is 0 Å². The van der Waals surface area contributed by atoms with E-state index in [1.54, 1.807) is 30.7 Å². The Labute approximate surface area is 137 Å². The van der Waals surface area contributed by atoms with Crippen molar-refractivity contribution in [2.24, 2.45) is 0 Å². The first kappa shape index (κ1) is 15.9. The second kappa shape index (κ2) is 6.66. The first-order valence-corrected chi connectivity index (χ1v) is 8.33. The molecule has 2 atom stereocenters. The van der Waals surface area contributed by atoms with E-state index in [2.05, 4.69) is 15.5 Å². The molecule has 0 radical (unpaired) electrons. The number of hydrogen-bond donors (Lipinski definition) is 0. The largest absolute Gasteiger partial charge is 0.457 e. The lowest BCUT2D eigenvalue weighted by Gasteiger charge is -2.16. The smallest absolute Gasteiger partial charge is 0.319 e. The summed E-state index contributed by atoms with van der Waals surface area (Å²) < 4.78 is 20.4. The Balaban J connectivity index is 1.60. The van der Waals surface area contributed by atoms with Crippen molar-refractivity contribution < 1.29 is 13.9 Å². The second-order valence-electron chi connectivity index (χ2n) is 5.53. The molecular weight excluding hydrogens is 319 g/mol. The van der Waals surface area contributed by atoms with Crippen LogP contribution in [0.5, 0.6) is 0 Å². The first-order valence-electron chi connectivity index (χ1n) is 7.45. The van der Waals surface area contributed by atoms with Crippen molar-refractivity contribution in [3.63, 3.8) is 0 Å². The van der Waals surface area contributed by atoms with E-state index in [1.807, 2.05) is 0 Å². The van der Waals surface area contributed by atoms with E-state index < -0.39 is 11.4 Å². The molecule has 1 heterocycles. The van der Waals surface area contributed by atoms with Gasteiger partial charge in [0.1, 0.15) is 17.2 Å². The number of esters is 1. The molecule has 2 unspecified atom stereocenters. The Hall–Kier alpha value is -1.96.